The summed E-state index contributed by atoms with van der Waals surface area (Å²) in [5.41, 5.74) is 5.75. The molecule has 5 nitrogen and oxygen atoms in total. The summed E-state index contributed by atoms with van der Waals surface area (Å²) in [6, 6.07) is 0. The molecule has 0 bridgehead atoms. The maximum atomic E-state index is 10.3. The fraction of sp³-hybridized carbons (Fsp3) is 0.500. The highest BCUT2D eigenvalue weighted by Gasteiger charge is 1.99. The molecule has 0 saturated heterocycles. The fourth-order valence-electron chi connectivity index (χ4n) is 0.754. The van der Waals surface area contributed by atoms with Crippen LogP contribution in [0, 0.1) is 0 Å². The van der Waals surface area contributed by atoms with Crippen molar-refractivity contribution in [3.05, 3.63) is 11.9 Å². The second kappa shape index (κ2) is 3.14. The highest BCUT2D eigenvalue weighted by Crippen LogP contribution is 1.94. The van der Waals surface area contributed by atoms with Gasteiger partial charge in [-0.2, -0.15) is 15.0 Å². The minimum absolute atomic E-state index is 0.310. The van der Waals surface area contributed by atoms with Crippen LogP contribution in [-0.2, 0) is 18.3 Å². The Morgan fingerprint density at radius 2 is 2.55 bits per heavy atom. The molecule has 1 aromatic rings. The predicted molar refractivity (Wildman–Crippen MR) is 38.5 cm³/mol. The SMILES string of the molecule is Cn1ncc(CCC(N)=O)n1. The van der Waals surface area contributed by atoms with Crippen molar-refractivity contribution in [2.45, 2.75) is 12.8 Å². The van der Waals surface area contributed by atoms with Crippen LogP contribution in [0.2, 0.25) is 0 Å². The van der Waals surface area contributed by atoms with Crippen LogP contribution in [-0.4, -0.2) is 20.9 Å². The third-order valence-corrected chi connectivity index (χ3v) is 1.27. The molecule has 0 aliphatic heterocycles. The summed E-state index contributed by atoms with van der Waals surface area (Å²) >= 11 is 0. The van der Waals surface area contributed by atoms with Gasteiger partial charge in [0.05, 0.1) is 11.9 Å². The van der Waals surface area contributed by atoms with Crippen molar-refractivity contribution >= 4 is 5.91 Å². The highest BCUT2D eigenvalue weighted by atomic mass is 16.1. The Morgan fingerprint density at radius 3 is 3.00 bits per heavy atom. The minimum Gasteiger partial charge on any atom is -0.370 e. The molecule has 0 spiro atoms. The van der Waals surface area contributed by atoms with Crippen molar-refractivity contribution in [1.82, 2.24) is 15.0 Å². The number of nitrogens with zero attached hydrogens (tertiary/aromatic N) is 3. The van der Waals surface area contributed by atoms with E-state index in [2.05, 4.69) is 10.2 Å². The second-order valence-electron chi connectivity index (χ2n) is 2.29. The number of primary amides is 1. The monoisotopic (exact) mass is 154 g/mol. The zero-order valence-electron chi connectivity index (χ0n) is 6.32. The van der Waals surface area contributed by atoms with Crippen LogP contribution in [0.1, 0.15) is 12.1 Å². The summed E-state index contributed by atoms with van der Waals surface area (Å²) in [5.74, 6) is -0.310. The van der Waals surface area contributed by atoms with Crippen molar-refractivity contribution < 1.29 is 4.79 Å². The summed E-state index contributed by atoms with van der Waals surface area (Å²) in [6.45, 7) is 0. The molecule has 1 aromatic heterocycles. The number of amides is 1. The quantitative estimate of drug-likeness (QED) is 0.621. The number of aryl methyl sites for hydroxylation is 2. The summed E-state index contributed by atoms with van der Waals surface area (Å²) in [5, 5.41) is 7.83. The van der Waals surface area contributed by atoms with E-state index < -0.39 is 0 Å². The number of nitrogens with two attached hydrogens (primary N) is 1. The molecule has 11 heavy (non-hydrogen) atoms. The van der Waals surface area contributed by atoms with Crippen molar-refractivity contribution in [2.75, 3.05) is 0 Å². The van der Waals surface area contributed by atoms with Crippen LogP contribution in [0.15, 0.2) is 6.20 Å². The van der Waals surface area contributed by atoms with Crippen LogP contribution in [0.25, 0.3) is 0 Å². The fourth-order valence-corrected chi connectivity index (χ4v) is 0.754. The molecule has 2 N–H and O–H groups in total. The summed E-state index contributed by atoms with van der Waals surface area (Å²) in [4.78, 5) is 11.8. The Bertz CT molecular complexity index is 255. The lowest BCUT2D eigenvalue weighted by molar-refractivity contribution is -0.118. The van der Waals surface area contributed by atoms with Crippen molar-refractivity contribution in [2.24, 2.45) is 12.8 Å². The first-order chi connectivity index (χ1) is 5.18. The topological polar surface area (TPSA) is 73.8 Å². The first-order valence-electron chi connectivity index (χ1n) is 3.32. The molecule has 0 fully saturated rings. The number of rotatable bonds is 3. The second-order valence-corrected chi connectivity index (χ2v) is 2.29. The molecule has 0 aromatic carbocycles. The van der Waals surface area contributed by atoms with Crippen LogP contribution in [0.4, 0.5) is 0 Å². The molecular formula is C6H10N4O. The number of aromatic nitrogens is 3. The largest absolute Gasteiger partial charge is 0.370 e. The van der Waals surface area contributed by atoms with E-state index in [9.17, 15) is 4.79 Å². The number of carbonyl (C=O) groups is 1. The Balaban J connectivity index is 2.45. The zero-order chi connectivity index (χ0) is 8.27. The van der Waals surface area contributed by atoms with Gasteiger partial charge < -0.3 is 5.73 Å². The van der Waals surface area contributed by atoms with Crippen LogP contribution >= 0.6 is 0 Å². The maximum Gasteiger partial charge on any atom is 0.217 e. The van der Waals surface area contributed by atoms with Crippen LogP contribution in [0.5, 0.6) is 0 Å². The molecule has 5 heteroatoms. The van der Waals surface area contributed by atoms with Gasteiger partial charge in [-0.05, 0) is 0 Å². The number of hydrogen-bond acceptors (Lipinski definition) is 3. The van der Waals surface area contributed by atoms with Crippen molar-refractivity contribution in [3.8, 4) is 0 Å². The lowest BCUT2D eigenvalue weighted by Crippen LogP contribution is -2.11. The minimum atomic E-state index is -0.310. The first-order valence-corrected chi connectivity index (χ1v) is 3.32. The number of hydrogen-bond donors (Lipinski definition) is 1. The Kier molecular flexibility index (Phi) is 2.20. The maximum absolute atomic E-state index is 10.3. The highest BCUT2D eigenvalue weighted by molar-refractivity contribution is 5.73. The van der Waals surface area contributed by atoms with Gasteiger partial charge in [0.1, 0.15) is 0 Å². The van der Waals surface area contributed by atoms with Crippen LogP contribution in [0.3, 0.4) is 0 Å². The van der Waals surface area contributed by atoms with E-state index in [0.29, 0.717) is 12.8 Å². The number of carbonyl (C=O) groups excluding carboxylic acids is 1. The third kappa shape index (κ3) is 2.37. The van der Waals surface area contributed by atoms with Gasteiger partial charge in [-0.1, -0.05) is 0 Å². The average molecular weight is 154 g/mol. The lowest BCUT2D eigenvalue weighted by atomic mass is 10.2. The summed E-state index contributed by atoms with van der Waals surface area (Å²) < 4.78 is 0. The van der Waals surface area contributed by atoms with Crippen molar-refractivity contribution in [1.29, 1.82) is 0 Å². The zero-order valence-corrected chi connectivity index (χ0v) is 6.32. The molecule has 1 heterocycles. The average Bonchev–Trinajstić information content (AvgIpc) is 2.31. The predicted octanol–water partition coefficient (Wildman–Crippen LogP) is -0.767. The van der Waals surface area contributed by atoms with Crippen LogP contribution < -0.4 is 5.73 Å². The molecule has 1 rings (SSSR count). The molecule has 0 aliphatic rings. The normalized spacial score (nSPS) is 9.91. The first kappa shape index (κ1) is 7.71. The third-order valence-electron chi connectivity index (χ3n) is 1.27. The van der Waals surface area contributed by atoms with Gasteiger partial charge in [-0.15, -0.1) is 0 Å². The molecular weight excluding hydrogens is 144 g/mol. The standard InChI is InChI=1S/C6H10N4O/c1-10-8-4-5(9-10)2-3-6(7)11/h4H,2-3H2,1H3,(H2,7,11). The van der Waals surface area contributed by atoms with E-state index in [0.717, 1.165) is 5.69 Å². The van der Waals surface area contributed by atoms with Gasteiger partial charge in [-0.3, -0.25) is 4.79 Å². The molecule has 60 valence electrons. The molecule has 0 unspecified atom stereocenters. The van der Waals surface area contributed by atoms with Gasteiger partial charge in [0.25, 0.3) is 0 Å². The van der Waals surface area contributed by atoms with Gasteiger partial charge in [0.15, 0.2) is 0 Å². The van der Waals surface area contributed by atoms with Crippen molar-refractivity contribution in [3.63, 3.8) is 0 Å². The van der Waals surface area contributed by atoms with Gasteiger partial charge in [0, 0.05) is 19.9 Å². The summed E-state index contributed by atoms with van der Waals surface area (Å²) in [7, 11) is 1.73. The van der Waals surface area contributed by atoms with Gasteiger partial charge in [-0.25, -0.2) is 0 Å². The molecule has 0 radical (unpaired) electrons. The van der Waals surface area contributed by atoms with E-state index >= 15 is 0 Å². The molecule has 0 atom stereocenters. The van der Waals surface area contributed by atoms with E-state index in [1.165, 1.54) is 4.80 Å². The van der Waals surface area contributed by atoms with E-state index in [4.69, 9.17) is 5.73 Å². The van der Waals surface area contributed by atoms with E-state index in [1.54, 1.807) is 13.2 Å². The van der Waals surface area contributed by atoms with E-state index in [-0.39, 0.29) is 5.91 Å². The lowest BCUT2D eigenvalue weighted by Gasteiger charge is -1.89. The Labute approximate surface area is 64.2 Å². The Hall–Kier alpha value is -1.39. The molecule has 0 aliphatic carbocycles. The van der Waals surface area contributed by atoms with Gasteiger partial charge in [0.2, 0.25) is 5.91 Å². The smallest absolute Gasteiger partial charge is 0.217 e. The van der Waals surface area contributed by atoms with E-state index in [1.807, 2.05) is 0 Å². The summed E-state index contributed by atoms with van der Waals surface area (Å²) in [6.07, 6.45) is 2.53. The van der Waals surface area contributed by atoms with Gasteiger partial charge >= 0.3 is 0 Å². The molecule has 0 saturated carbocycles. The Morgan fingerprint density at radius 1 is 1.82 bits per heavy atom. The molecule has 1 amide bonds.